The molecule has 0 bridgehead atoms. The maximum absolute atomic E-state index is 12.3. The Morgan fingerprint density at radius 3 is 2.43 bits per heavy atom. The Morgan fingerprint density at radius 1 is 1.22 bits per heavy atom. The molecule has 0 aromatic heterocycles. The molecule has 0 amide bonds. The summed E-state index contributed by atoms with van der Waals surface area (Å²) in [6.07, 6.45) is 0. The van der Waals surface area contributed by atoms with Crippen molar-refractivity contribution in [1.29, 1.82) is 0 Å². The van der Waals surface area contributed by atoms with Crippen LogP contribution in [0.25, 0.3) is 0 Å². The molecule has 0 saturated carbocycles. The second-order valence-electron chi connectivity index (χ2n) is 4.38. The Kier molecular flexibility index (Phi) is 5.51. The fourth-order valence-electron chi connectivity index (χ4n) is 1.64. The number of aliphatic carboxylic acids is 1. The third-order valence-corrected chi connectivity index (χ3v) is 4.86. The summed E-state index contributed by atoms with van der Waals surface area (Å²) in [5.74, 6) is -0.860. The van der Waals surface area contributed by atoms with Gasteiger partial charge in [-0.1, -0.05) is 27.5 Å². The minimum Gasteiger partial charge on any atom is -0.482 e. The first-order valence-electron chi connectivity index (χ1n) is 6.20. The summed E-state index contributed by atoms with van der Waals surface area (Å²) < 4.78 is 32.7. The molecule has 2 aromatic carbocycles. The van der Waals surface area contributed by atoms with Crippen LogP contribution in [0.1, 0.15) is 0 Å². The standard InChI is InChI=1S/C14H11BrClNO5S/c15-9-1-6-13(12(16)7-9)17-23(20,21)11-4-2-10(3-5-11)22-8-14(18)19/h1-7,17H,8H2,(H,18,19). The molecular weight excluding hydrogens is 410 g/mol. The van der Waals surface area contributed by atoms with Gasteiger partial charge in [0, 0.05) is 4.47 Å². The Bertz CT molecular complexity index is 824. The monoisotopic (exact) mass is 419 g/mol. The SMILES string of the molecule is O=C(O)COc1ccc(S(=O)(=O)Nc2ccc(Br)cc2Cl)cc1. The number of sulfonamides is 1. The number of hydrogen-bond acceptors (Lipinski definition) is 4. The summed E-state index contributed by atoms with van der Waals surface area (Å²) in [5, 5.41) is 8.78. The van der Waals surface area contributed by atoms with E-state index in [1.165, 1.54) is 30.3 Å². The van der Waals surface area contributed by atoms with Crippen molar-refractivity contribution in [2.45, 2.75) is 4.90 Å². The van der Waals surface area contributed by atoms with Crippen molar-refractivity contribution in [3.63, 3.8) is 0 Å². The molecule has 6 nitrogen and oxygen atoms in total. The van der Waals surface area contributed by atoms with Crippen LogP contribution in [0.15, 0.2) is 51.8 Å². The first-order chi connectivity index (χ1) is 10.8. The summed E-state index contributed by atoms with van der Waals surface area (Å²) in [7, 11) is -3.82. The van der Waals surface area contributed by atoms with Gasteiger partial charge in [0.1, 0.15) is 5.75 Å². The molecule has 9 heteroatoms. The third kappa shape index (κ3) is 4.85. The van der Waals surface area contributed by atoms with Crippen molar-refractivity contribution in [1.82, 2.24) is 0 Å². The minimum atomic E-state index is -3.82. The second-order valence-corrected chi connectivity index (χ2v) is 7.39. The Balaban J connectivity index is 2.17. The van der Waals surface area contributed by atoms with Crippen LogP contribution in [0.4, 0.5) is 5.69 Å². The summed E-state index contributed by atoms with van der Waals surface area (Å²) in [6.45, 7) is -0.501. The van der Waals surface area contributed by atoms with Gasteiger partial charge >= 0.3 is 5.97 Å². The number of benzene rings is 2. The van der Waals surface area contributed by atoms with E-state index in [0.717, 1.165) is 4.47 Å². The van der Waals surface area contributed by atoms with Crippen molar-refractivity contribution in [3.05, 3.63) is 52.0 Å². The van der Waals surface area contributed by atoms with Crippen LogP contribution in [-0.4, -0.2) is 26.1 Å². The van der Waals surface area contributed by atoms with Gasteiger partial charge < -0.3 is 9.84 Å². The normalized spacial score (nSPS) is 11.0. The number of anilines is 1. The molecule has 0 fully saturated rings. The highest BCUT2D eigenvalue weighted by Gasteiger charge is 2.16. The number of rotatable bonds is 6. The van der Waals surface area contributed by atoms with E-state index in [1.807, 2.05) is 0 Å². The van der Waals surface area contributed by atoms with Gasteiger partial charge in [0.05, 0.1) is 15.6 Å². The predicted octanol–water partition coefficient (Wildman–Crippen LogP) is 3.37. The van der Waals surface area contributed by atoms with Gasteiger partial charge in [0.15, 0.2) is 6.61 Å². The summed E-state index contributed by atoms with van der Waals surface area (Å²) >= 11 is 9.22. The van der Waals surface area contributed by atoms with Crippen LogP contribution in [0.2, 0.25) is 5.02 Å². The Labute approximate surface area is 146 Å². The predicted molar refractivity (Wildman–Crippen MR) is 89.5 cm³/mol. The zero-order valence-electron chi connectivity index (χ0n) is 11.5. The van der Waals surface area contributed by atoms with Crippen LogP contribution >= 0.6 is 27.5 Å². The maximum atomic E-state index is 12.3. The first kappa shape index (κ1) is 17.6. The number of hydrogen-bond donors (Lipinski definition) is 2. The van der Waals surface area contributed by atoms with Crippen LogP contribution in [0.5, 0.6) is 5.75 Å². The highest BCUT2D eigenvalue weighted by Crippen LogP contribution is 2.28. The lowest BCUT2D eigenvalue weighted by Crippen LogP contribution is -2.13. The number of halogens is 2. The van der Waals surface area contributed by atoms with Gasteiger partial charge in [-0.05, 0) is 42.5 Å². The average molecular weight is 421 g/mol. The number of carbonyl (C=O) groups is 1. The summed E-state index contributed by atoms with van der Waals surface area (Å²) in [6, 6.07) is 10.1. The van der Waals surface area contributed by atoms with Gasteiger partial charge in [0.25, 0.3) is 10.0 Å². The minimum absolute atomic E-state index is 0.000777. The maximum Gasteiger partial charge on any atom is 0.341 e. The number of nitrogens with one attached hydrogen (secondary N) is 1. The van der Waals surface area contributed by atoms with Gasteiger partial charge in [-0.25, -0.2) is 13.2 Å². The van der Waals surface area contributed by atoms with E-state index in [9.17, 15) is 13.2 Å². The molecule has 23 heavy (non-hydrogen) atoms. The highest BCUT2D eigenvalue weighted by atomic mass is 79.9. The lowest BCUT2D eigenvalue weighted by Gasteiger charge is -2.10. The van der Waals surface area contributed by atoms with Gasteiger partial charge in [-0.15, -0.1) is 0 Å². The quantitative estimate of drug-likeness (QED) is 0.747. The lowest BCUT2D eigenvalue weighted by molar-refractivity contribution is -0.139. The van der Waals surface area contributed by atoms with E-state index < -0.39 is 22.6 Å². The van der Waals surface area contributed by atoms with E-state index >= 15 is 0 Å². The van der Waals surface area contributed by atoms with Crippen molar-refractivity contribution < 1.29 is 23.1 Å². The van der Waals surface area contributed by atoms with Gasteiger partial charge in [-0.2, -0.15) is 0 Å². The van der Waals surface area contributed by atoms with E-state index in [1.54, 1.807) is 12.1 Å². The molecule has 0 atom stereocenters. The fourth-order valence-corrected chi connectivity index (χ4v) is 3.49. The largest absolute Gasteiger partial charge is 0.482 e. The zero-order chi connectivity index (χ0) is 17.0. The zero-order valence-corrected chi connectivity index (χ0v) is 14.7. The van der Waals surface area contributed by atoms with Crippen molar-refractivity contribution in [2.24, 2.45) is 0 Å². The molecular formula is C14H11BrClNO5S. The third-order valence-electron chi connectivity index (χ3n) is 2.67. The van der Waals surface area contributed by atoms with E-state index in [2.05, 4.69) is 20.7 Å². The highest BCUT2D eigenvalue weighted by molar-refractivity contribution is 9.10. The van der Waals surface area contributed by atoms with Crippen molar-refractivity contribution >= 4 is 49.2 Å². The van der Waals surface area contributed by atoms with Crippen molar-refractivity contribution in [2.75, 3.05) is 11.3 Å². The molecule has 2 rings (SSSR count). The summed E-state index contributed by atoms with van der Waals surface area (Å²) in [5.41, 5.74) is 0.251. The molecule has 122 valence electrons. The van der Waals surface area contributed by atoms with Crippen LogP contribution in [0, 0.1) is 0 Å². The van der Waals surface area contributed by atoms with E-state index in [-0.39, 0.29) is 21.4 Å². The molecule has 0 unspecified atom stereocenters. The second kappa shape index (κ2) is 7.20. The Hall–Kier alpha value is -1.77. The molecule has 0 aliphatic heterocycles. The van der Waals surface area contributed by atoms with Crippen molar-refractivity contribution in [3.8, 4) is 5.75 Å². The number of ether oxygens (including phenoxy) is 1. The molecule has 0 saturated heterocycles. The fraction of sp³-hybridized carbons (Fsp3) is 0.0714. The number of carboxylic acid groups (broad SMARTS) is 1. The molecule has 0 aliphatic carbocycles. The van der Waals surface area contributed by atoms with Crippen LogP contribution in [0.3, 0.4) is 0 Å². The first-order valence-corrected chi connectivity index (χ1v) is 8.86. The average Bonchev–Trinajstić information content (AvgIpc) is 2.48. The molecule has 0 heterocycles. The molecule has 2 N–H and O–H groups in total. The molecule has 0 spiro atoms. The molecule has 0 radical (unpaired) electrons. The topological polar surface area (TPSA) is 92.7 Å². The number of carboxylic acids is 1. The van der Waals surface area contributed by atoms with Crippen LogP contribution < -0.4 is 9.46 Å². The van der Waals surface area contributed by atoms with E-state index in [0.29, 0.717) is 0 Å². The molecule has 0 aliphatic rings. The van der Waals surface area contributed by atoms with Gasteiger partial charge in [0.2, 0.25) is 0 Å². The summed E-state index contributed by atoms with van der Waals surface area (Å²) in [4.78, 5) is 10.4. The van der Waals surface area contributed by atoms with E-state index in [4.69, 9.17) is 21.4 Å². The Morgan fingerprint density at radius 2 is 1.87 bits per heavy atom. The molecule has 2 aromatic rings. The smallest absolute Gasteiger partial charge is 0.341 e. The van der Waals surface area contributed by atoms with Crippen LogP contribution in [-0.2, 0) is 14.8 Å². The lowest BCUT2D eigenvalue weighted by atomic mass is 10.3. The van der Waals surface area contributed by atoms with Gasteiger partial charge in [-0.3, -0.25) is 4.72 Å².